The van der Waals surface area contributed by atoms with Gasteiger partial charge in [0.2, 0.25) is 11.8 Å². The molecule has 2 aromatic carbocycles. The average Bonchev–Trinajstić information content (AvgIpc) is 3.26. The number of hydrogen-bond acceptors (Lipinski definition) is 4. The summed E-state index contributed by atoms with van der Waals surface area (Å²) in [6.07, 6.45) is 0.952. The molecule has 0 spiro atoms. The molecule has 1 saturated heterocycles. The van der Waals surface area contributed by atoms with Crippen molar-refractivity contribution in [3.05, 3.63) is 58.5 Å². The van der Waals surface area contributed by atoms with E-state index in [1.165, 1.54) is 0 Å². The molecule has 1 atom stereocenters. The van der Waals surface area contributed by atoms with Gasteiger partial charge in [0.25, 0.3) is 5.91 Å². The summed E-state index contributed by atoms with van der Waals surface area (Å²) >= 11 is 0. The number of imidazole rings is 1. The van der Waals surface area contributed by atoms with E-state index in [0.717, 1.165) is 0 Å². The molecule has 158 valence electrons. The molecule has 3 heterocycles. The number of carbonyl (C=O) groups is 3. The van der Waals surface area contributed by atoms with Gasteiger partial charge in [0.15, 0.2) is 0 Å². The first-order valence-electron chi connectivity index (χ1n) is 10.1. The number of fused-ring (bicyclic) bond motifs is 4. The number of rotatable bonds is 4. The van der Waals surface area contributed by atoms with Crippen LogP contribution >= 0.6 is 0 Å². The lowest BCUT2D eigenvalue weighted by atomic mass is 9.98. The van der Waals surface area contributed by atoms with E-state index in [1.807, 2.05) is 13.0 Å². The Hall–Kier alpha value is -3.88. The molecule has 2 aliphatic heterocycles. The topological polar surface area (TPSA) is 118 Å². The van der Waals surface area contributed by atoms with Crippen LogP contribution in [-0.2, 0) is 9.59 Å². The number of benzene rings is 2. The highest BCUT2D eigenvalue weighted by atomic mass is 16.2. The first kappa shape index (κ1) is 19.1. The van der Waals surface area contributed by atoms with Crippen LogP contribution in [0.4, 0.5) is 11.4 Å². The number of nitrogens with one attached hydrogen (secondary N) is 3. The predicted octanol–water partition coefficient (Wildman–Crippen LogP) is 2.18. The molecule has 9 nitrogen and oxygen atoms in total. The minimum atomic E-state index is -0.785. The molecule has 0 aliphatic carbocycles. The molecule has 3 amide bonds. The van der Waals surface area contributed by atoms with Crippen LogP contribution in [0.3, 0.4) is 0 Å². The Morgan fingerprint density at radius 3 is 2.71 bits per heavy atom. The van der Waals surface area contributed by atoms with Gasteiger partial charge < -0.3 is 20.2 Å². The molecule has 1 unspecified atom stereocenters. The third-order valence-electron chi connectivity index (χ3n) is 6.11. The predicted molar refractivity (Wildman–Crippen MR) is 115 cm³/mol. The summed E-state index contributed by atoms with van der Waals surface area (Å²) in [5.74, 6) is -0.461. The molecule has 2 aliphatic rings. The number of para-hydroxylation sites is 1. The first-order valence-corrected chi connectivity index (χ1v) is 10.1. The molecule has 5 rings (SSSR count). The van der Waals surface area contributed by atoms with E-state index in [9.17, 15) is 19.2 Å². The third kappa shape index (κ3) is 3.00. The van der Waals surface area contributed by atoms with Gasteiger partial charge >= 0.3 is 5.69 Å². The van der Waals surface area contributed by atoms with Crippen LogP contribution in [0.2, 0.25) is 0 Å². The fourth-order valence-electron chi connectivity index (χ4n) is 4.59. The Balaban J connectivity index is 1.35. The van der Waals surface area contributed by atoms with Gasteiger partial charge in [-0.25, -0.2) is 4.79 Å². The van der Waals surface area contributed by atoms with Crippen LogP contribution < -0.4 is 15.9 Å². The van der Waals surface area contributed by atoms with E-state index in [0.29, 0.717) is 40.8 Å². The van der Waals surface area contributed by atoms with Crippen molar-refractivity contribution >= 4 is 40.1 Å². The van der Waals surface area contributed by atoms with Crippen molar-refractivity contribution < 1.29 is 14.4 Å². The monoisotopic (exact) mass is 419 g/mol. The Labute approximate surface area is 177 Å². The lowest BCUT2D eigenvalue weighted by Crippen LogP contribution is -2.62. The Kier molecular flexibility index (Phi) is 4.21. The van der Waals surface area contributed by atoms with Crippen LogP contribution in [0.15, 0.2) is 47.3 Å². The van der Waals surface area contributed by atoms with E-state index >= 15 is 0 Å². The number of carbonyl (C=O) groups excluding carboxylic acids is 3. The fraction of sp³-hybridized carbons (Fsp3) is 0.273. The van der Waals surface area contributed by atoms with Gasteiger partial charge in [0.1, 0.15) is 5.66 Å². The quantitative estimate of drug-likeness (QED) is 0.601. The molecular formula is C22H21N5O4. The van der Waals surface area contributed by atoms with Gasteiger partial charge in [-0.2, -0.15) is 0 Å². The van der Waals surface area contributed by atoms with Crippen LogP contribution in [-0.4, -0.2) is 44.8 Å². The van der Waals surface area contributed by atoms with Crippen LogP contribution in [0.5, 0.6) is 0 Å². The molecule has 1 fully saturated rings. The summed E-state index contributed by atoms with van der Waals surface area (Å²) < 4.78 is 0. The summed E-state index contributed by atoms with van der Waals surface area (Å²) in [5, 5.41) is 2.80. The summed E-state index contributed by atoms with van der Waals surface area (Å²) in [5.41, 5.74) is 1.80. The summed E-state index contributed by atoms with van der Waals surface area (Å²) in [4.78, 5) is 58.4. The standard InChI is InChI=1S/C22H21N5O4/c1-22-10-8-19(29)27(22)17-5-3-2-4-14(17)20(30)26(22)11-9-18(28)23-13-6-7-15-16(12-13)25-21(31)24-15/h2-7,12H,8-11H2,1H3,(H,23,28)(H2,24,25,31). The molecule has 31 heavy (non-hydrogen) atoms. The number of aromatic nitrogens is 2. The third-order valence-corrected chi connectivity index (χ3v) is 6.11. The highest BCUT2D eigenvalue weighted by Crippen LogP contribution is 2.43. The molecule has 0 saturated carbocycles. The van der Waals surface area contributed by atoms with Crippen molar-refractivity contribution in [3.8, 4) is 0 Å². The van der Waals surface area contributed by atoms with Crippen molar-refractivity contribution in [3.63, 3.8) is 0 Å². The molecule has 3 N–H and O–H groups in total. The SMILES string of the molecule is CC12CCC(=O)N1c1ccccc1C(=O)N2CCC(=O)Nc1ccc2[nH]c(=O)[nH]c2c1. The zero-order valence-corrected chi connectivity index (χ0v) is 16.9. The Morgan fingerprint density at radius 1 is 1.10 bits per heavy atom. The number of anilines is 2. The number of amides is 3. The minimum absolute atomic E-state index is 0.0225. The van der Waals surface area contributed by atoms with Crippen LogP contribution in [0.25, 0.3) is 11.0 Å². The molecule has 3 aromatic rings. The van der Waals surface area contributed by atoms with Gasteiger partial charge in [-0.15, -0.1) is 0 Å². The normalized spacial score (nSPS) is 20.2. The minimum Gasteiger partial charge on any atom is -0.326 e. The highest BCUT2D eigenvalue weighted by Gasteiger charge is 2.52. The number of aromatic amines is 2. The van der Waals surface area contributed by atoms with E-state index in [2.05, 4.69) is 15.3 Å². The second-order valence-corrected chi connectivity index (χ2v) is 8.06. The second-order valence-electron chi connectivity index (χ2n) is 8.06. The van der Waals surface area contributed by atoms with Crippen molar-refractivity contribution in [1.82, 2.24) is 14.9 Å². The van der Waals surface area contributed by atoms with Gasteiger partial charge in [-0.3, -0.25) is 19.3 Å². The van der Waals surface area contributed by atoms with Crippen LogP contribution in [0.1, 0.15) is 36.5 Å². The maximum absolute atomic E-state index is 13.2. The van der Waals surface area contributed by atoms with E-state index in [1.54, 1.807) is 46.2 Å². The Bertz CT molecular complexity index is 1290. The van der Waals surface area contributed by atoms with Gasteiger partial charge in [0.05, 0.1) is 22.3 Å². The largest absolute Gasteiger partial charge is 0.326 e. The summed E-state index contributed by atoms with van der Waals surface area (Å²) in [6, 6.07) is 12.2. The van der Waals surface area contributed by atoms with Gasteiger partial charge in [-0.1, -0.05) is 12.1 Å². The molecule has 0 radical (unpaired) electrons. The van der Waals surface area contributed by atoms with E-state index in [-0.39, 0.29) is 36.4 Å². The highest BCUT2D eigenvalue weighted by molar-refractivity contribution is 6.10. The van der Waals surface area contributed by atoms with Crippen molar-refractivity contribution in [2.24, 2.45) is 0 Å². The smallest absolute Gasteiger partial charge is 0.323 e. The van der Waals surface area contributed by atoms with Crippen LogP contribution in [0, 0.1) is 0 Å². The second kappa shape index (κ2) is 6.83. The molecular weight excluding hydrogens is 398 g/mol. The zero-order valence-electron chi connectivity index (χ0n) is 16.9. The summed E-state index contributed by atoms with van der Waals surface area (Å²) in [7, 11) is 0. The zero-order chi connectivity index (χ0) is 21.8. The molecule has 1 aromatic heterocycles. The average molecular weight is 419 g/mol. The van der Waals surface area contributed by atoms with Crippen molar-refractivity contribution in [1.29, 1.82) is 0 Å². The molecule has 9 heteroatoms. The number of nitrogens with zero attached hydrogens (tertiary/aromatic N) is 2. The number of hydrogen-bond donors (Lipinski definition) is 3. The van der Waals surface area contributed by atoms with Gasteiger partial charge in [0, 0.05) is 25.1 Å². The lowest BCUT2D eigenvalue weighted by Gasteiger charge is -2.48. The van der Waals surface area contributed by atoms with Crippen molar-refractivity contribution in [2.45, 2.75) is 31.8 Å². The summed E-state index contributed by atoms with van der Waals surface area (Å²) in [6.45, 7) is 2.06. The van der Waals surface area contributed by atoms with E-state index in [4.69, 9.17) is 0 Å². The maximum atomic E-state index is 13.2. The lowest BCUT2D eigenvalue weighted by molar-refractivity contribution is -0.117. The molecule has 0 bridgehead atoms. The fourth-order valence-corrected chi connectivity index (χ4v) is 4.59. The number of H-pyrrole nitrogens is 2. The van der Waals surface area contributed by atoms with Crippen molar-refractivity contribution in [2.75, 3.05) is 16.8 Å². The van der Waals surface area contributed by atoms with E-state index < -0.39 is 5.66 Å². The maximum Gasteiger partial charge on any atom is 0.323 e. The first-order chi connectivity index (χ1) is 14.9. The Morgan fingerprint density at radius 2 is 1.87 bits per heavy atom. The van der Waals surface area contributed by atoms with Gasteiger partial charge in [-0.05, 0) is 43.7 Å².